The number of ether oxygens (including phenoxy) is 2. The minimum atomic E-state index is -1.05. The third-order valence-electron chi connectivity index (χ3n) is 6.24. The van der Waals surface area contributed by atoms with Crippen LogP contribution in [0.3, 0.4) is 0 Å². The van der Waals surface area contributed by atoms with Gasteiger partial charge in [0.05, 0.1) is 37.2 Å². The Kier molecular flexibility index (Phi) is 7.74. The first-order valence-corrected chi connectivity index (χ1v) is 11.6. The predicted molar refractivity (Wildman–Crippen MR) is 127 cm³/mol. The molecule has 2 saturated heterocycles. The molecule has 12 nitrogen and oxygen atoms in total. The van der Waals surface area contributed by atoms with Gasteiger partial charge in [-0.15, -0.1) is 0 Å². The van der Waals surface area contributed by atoms with Gasteiger partial charge in [-0.05, 0) is 30.7 Å². The first kappa shape index (κ1) is 25.0. The molecule has 2 amide bonds. The Morgan fingerprint density at radius 1 is 1.17 bits per heavy atom. The number of amides is 2. The normalized spacial score (nSPS) is 19.8. The molecule has 1 aromatic carbocycles. The molecule has 2 aliphatic heterocycles. The smallest absolute Gasteiger partial charge is 0.304 e. The molecule has 0 bridgehead atoms. The van der Waals surface area contributed by atoms with Crippen LogP contribution >= 0.6 is 0 Å². The number of benzene rings is 1. The standard InChI is InChI=1S/C24H28N6O6/c25-22(26)17-11-27-23(28-12-17)15-1-3-19(4-2-15)36-14-18-9-16(10-21(32)33)24(34)30(18)13-20(31)29-5-7-35-8-6-29/h1-4,11-12,16,18H,5-10,13-14H2,(H3,25,26)(H,32,33)/t16-,18-/m0/s1. The number of hydrogen-bond donors (Lipinski definition) is 3. The van der Waals surface area contributed by atoms with Crippen molar-refractivity contribution in [3.05, 3.63) is 42.2 Å². The topological polar surface area (TPSA) is 172 Å². The molecule has 2 fully saturated rings. The number of nitrogens with one attached hydrogen (secondary N) is 1. The highest BCUT2D eigenvalue weighted by Gasteiger charge is 2.42. The van der Waals surface area contributed by atoms with Gasteiger partial charge >= 0.3 is 5.97 Å². The fraction of sp³-hybridized carbons (Fsp3) is 0.417. The lowest BCUT2D eigenvalue weighted by Crippen LogP contribution is -2.48. The number of carbonyl (C=O) groups is 3. The van der Waals surface area contributed by atoms with Crippen LogP contribution in [0, 0.1) is 11.3 Å². The van der Waals surface area contributed by atoms with Crippen LogP contribution in [0.1, 0.15) is 18.4 Å². The number of morpholine rings is 1. The van der Waals surface area contributed by atoms with Crippen molar-refractivity contribution in [2.75, 3.05) is 39.5 Å². The highest BCUT2D eigenvalue weighted by atomic mass is 16.5. The zero-order chi connectivity index (χ0) is 25.7. The largest absolute Gasteiger partial charge is 0.491 e. The van der Waals surface area contributed by atoms with Crippen molar-refractivity contribution in [2.24, 2.45) is 11.7 Å². The van der Waals surface area contributed by atoms with E-state index in [1.165, 1.54) is 17.3 Å². The van der Waals surface area contributed by atoms with Gasteiger partial charge in [-0.25, -0.2) is 9.97 Å². The maximum atomic E-state index is 12.9. The summed E-state index contributed by atoms with van der Waals surface area (Å²) in [7, 11) is 0. The van der Waals surface area contributed by atoms with Crippen molar-refractivity contribution in [3.8, 4) is 17.1 Å². The highest BCUT2D eigenvalue weighted by molar-refractivity contribution is 5.94. The van der Waals surface area contributed by atoms with Crippen LogP contribution in [0.4, 0.5) is 0 Å². The van der Waals surface area contributed by atoms with Gasteiger partial charge in [0.2, 0.25) is 11.8 Å². The third-order valence-corrected chi connectivity index (χ3v) is 6.24. The van der Waals surface area contributed by atoms with Gasteiger partial charge in [-0.1, -0.05) is 0 Å². The number of likely N-dealkylation sites (tertiary alicyclic amines) is 1. The lowest BCUT2D eigenvalue weighted by molar-refractivity contribution is -0.145. The number of carboxylic acid groups (broad SMARTS) is 1. The molecule has 0 unspecified atom stereocenters. The summed E-state index contributed by atoms with van der Waals surface area (Å²) >= 11 is 0. The number of aliphatic carboxylic acids is 1. The molecule has 190 valence electrons. The van der Waals surface area contributed by atoms with E-state index < -0.39 is 17.9 Å². The summed E-state index contributed by atoms with van der Waals surface area (Å²) in [6.45, 7) is 1.85. The van der Waals surface area contributed by atoms with Crippen LogP contribution in [0.25, 0.3) is 11.4 Å². The Morgan fingerprint density at radius 3 is 2.44 bits per heavy atom. The maximum Gasteiger partial charge on any atom is 0.304 e. The maximum absolute atomic E-state index is 12.9. The molecule has 0 spiro atoms. The van der Waals surface area contributed by atoms with Crippen molar-refractivity contribution < 1.29 is 29.0 Å². The van der Waals surface area contributed by atoms with Gasteiger partial charge in [-0.2, -0.15) is 0 Å². The Bertz CT molecular complexity index is 1120. The molecule has 2 aliphatic rings. The summed E-state index contributed by atoms with van der Waals surface area (Å²) in [6.07, 6.45) is 2.98. The predicted octanol–water partition coefficient (Wildman–Crippen LogP) is 0.357. The Labute approximate surface area is 207 Å². The average molecular weight is 497 g/mol. The van der Waals surface area contributed by atoms with Gasteiger partial charge < -0.3 is 30.1 Å². The van der Waals surface area contributed by atoms with E-state index >= 15 is 0 Å². The molecule has 3 heterocycles. The number of nitrogens with zero attached hydrogens (tertiary/aromatic N) is 4. The van der Waals surface area contributed by atoms with Crippen LogP contribution in [0.15, 0.2) is 36.7 Å². The second kappa shape index (κ2) is 11.1. The fourth-order valence-electron chi connectivity index (χ4n) is 4.28. The zero-order valence-corrected chi connectivity index (χ0v) is 19.6. The molecule has 2 atom stereocenters. The molecule has 12 heteroatoms. The molecule has 0 saturated carbocycles. The number of rotatable bonds is 9. The van der Waals surface area contributed by atoms with Gasteiger partial charge in [-0.3, -0.25) is 19.8 Å². The van der Waals surface area contributed by atoms with Crippen LogP contribution in [0.5, 0.6) is 5.75 Å². The van der Waals surface area contributed by atoms with Crippen molar-refractivity contribution in [2.45, 2.75) is 18.9 Å². The second-order valence-electron chi connectivity index (χ2n) is 8.69. The number of nitrogen functional groups attached to an aromatic ring is 1. The monoisotopic (exact) mass is 496 g/mol. The van der Waals surface area contributed by atoms with Gasteiger partial charge in [0.15, 0.2) is 5.82 Å². The number of aromatic nitrogens is 2. The summed E-state index contributed by atoms with van der Waals surface area (Å²) < 4.78 is 11.2. The highest BCUT2D eigenvalue weighted by Crippen LogP contribution is 2.29. The van der Waals surface area contributed by atoms with Gasteiger partial charge in [0.25, 0.3) is 0 Å². The summed E-state index contributed by atoms with van der Waals surface area (Å²) in [6, 6.07) is 6.63. The van der Waals surface area contributed by atoms with E-state index in [2.05, 4.69) is 9.97 Å². The summed E-state index contributed by atoms with van der Waals surface area (Å²) in [4.78, 5) is 48.5. The second-order valence-corrected chi connectivity index (χ2v) is 8.69. The molecule has 0 radical (unpaired) electrons. The quantitative estimate of drug-likeness (QED) is 0.327. The third kappa shape index (κ3) is 5.95. The van der Waals surface area contributed by atoms with Crippen LogP contribution in [-0.4, -0.2) is 94.0 Å². The van der Waals surface area contributed by atoms with E-state index in [4.69, 9.17) is 20.6 Å². The lowest BCUT2D eigenvalue weighted by atomic mass is 10.0. The molecular formula is C24H28N6O6. The van der Waals surface area contributed by atoms with E-state index in [0.717, 1.165) is 5.56 Å². The Morgan fingerprint density at radius 2 is 1.83 bits per heavy atom. The first-order chi connectivity index (χ1) is 17.3. The molecule has 4 N–H and O–H groups in total. The number of nitrogens with two attached hydrogens (primary N) is 1. The number of carboxylic acids is 1. The van der Waals surface area contributed by atoms with Crippen molar-refractivity contribution in [1.82, 2.24) is 19.8 Å². The van der Waals surface area contributed by atoms with Crippen LogP contribution in [-0.2, 0) is 19.1 Å². The van der Waals surface area contributed by atoms with E-state index in [9.17, 15) is 19.5 Å². The molecule has 1 aromatic heterocycles. The zero-order valence-electron chi connectivity index (χ0n) is 19.6. The van der Waals surface area contributed by atoms with E-state index in [1.807, 2.05) is 0 Å². The van der Waals surface area contributed by atoms with Crippen molar-refractivity contribution >= 4 is 23.6 Å². The van der Waals surface area contributed by atoms with Gasteiger partial charge in [0.1, 0.15) is 24.7 Å². The van der Waals surface area contributed by atoms with Crippen LogP contribution in [0.2, 0.25) is 0 Å². The molecule has 4 rings (SSSR count). The van der Waals surface area contributed by atoms with E-state index in [0.29, 0.717) is 49.9 Å². The molecular weight excluding hydrogens is 468 g/mol. The minimum absolute atomic E-state index is 0.109. The Hall–Kier alpha value is -4.06. The lowest BCUT2D eigenvalue weighted by Gasteiger charge is -2.30. The summed E-state index contributed by atoms with van der Waals surface area (Å²) in [5.41, 5.74) is 6.61. The fourth-order valence-corrected chi connectivity index (χ4v) is 4.28. The SMILES string of the molecule is N=C(N)c1cnc(-c2ccc(OC[C@@H]3C[C@@H](CC(=O)O)C(=O)N3CC(=O)N3CCOCC3)cc2)nc1. The minimum Gasteiger partial charge on any atom is -0.491 e. The first-order valence-electron chi connectivity index (χ1n) is 11.6. The molecule has 2 aromatic rings. The summed E-state index contributed by atoms with van der Waals surface area (Å²) in [5.74, 6) is -1.36. The molecule has 0 aliphatic carbocycles. The van der Waals surface area contributed by atoms with Crippen LogP contribution < -0.4 is 10.5 Å². The van der Waals surface area contributed by atoms with E-state index in [1.54, 1.807) is 29.2 Å². The van der Waals surface area contributed by atoms with Crippen molar-refractivity contribution in [3.63, 3.8) is 0 Å². The Balaban J connectivity index is 1.40. The van der Waals surface area contributed by atoms with Gasteiger partial charge in [0, 0.05) is 31.0 Å². The number of hydrogen-bond acceptors (Lipinski definition) is 8. The van der Waals surface area contributed by atoms with Crippen molar-refractivity contribution in [1.29, 1.82) is 5.41 Å². The van der Waals surface area contributed by atoms with E-state index in [-0.39, 0.29) is 37.2 Å². The average Bonchev–Trinajstić information content (AvgIpc) is 3.17. The molecule has 36 heavy (non-hydrogen) atoms. The number of amidine groups is 1. The summed E-state index contributed by atoms with van der Waals surface area (Å²) in [5, 5.41) is 16.6. The number of carbonyl (C=O) groups excluding carboxylic acids is 2.